The first-order valence-electron chi connectivity index (χ1n) is 6.82. The number of aromatic nitrogens is 2. The number of primary amides is 1. The topological polar surface area (TPSA) is 104 Å². The summed E-state index contributed by atoms with van der Waals surface area (Å²) in [4.78, 5) is 19.5. The summed E-state index contributed by atoms with van der Waals surface area (Å²) in [7, 11) is 0. The third kappa shape index (κ3) is 3.37. The minimum atomic E-state index is -0.788. The number of rotatable bonds is 4. The van der Waals surface area contributed by atoms with Gasteiger partial charge in [0.05, 0.1) is 18.1 Å². The lowest BCUT2D eigenvalue weighted by Crippen LogP contribution is -2.33. The molecule has 20 heavy (non-hydrogen) atoms. The van der Waals surface area contributed by atoms with Gasteiger partial charge in [0.2, 0.25) is 0 Å². The number of carbonyl (C=O) groups excluding carboxylic acids is 1. The Labute approximate surface area is 118 Å². The Kier molecular flexibility index (Phi) is 3.83. The monoisotopic (exact) mass is 278 g/mol. The van der Waals surface area contributed by atoms with E-state index < -0.39 is 12.2 Å². The van der Waals surface area contributed by atoms with Crippen molar-refractivity contribution >= 4 is 11.9 Å². The summed E-state index contributed by atoms with van der Waals surface area (Å²) in [6.07, 6.45) is 4.05. The molecule has 0 saturated heterocycles. The van der Waals surface area contributed by atoms with E-state index in [1.54, 1.807) is 6.20 Å². The number of amides is 1. The standard InChI is InChI=1S/C14H22N4O2/c1-14(2,3)11(8-4-5-8)12(20-13(16)19)9-6-18-10(15)7-17-9/h6-8,11-12H,4-5H2,1-3H3,(H2,15,18)(H2,16,19)/t11-,12-/m1/s1. The lowest BCUT2D eigenvalue weighted by atomic mass is 9.73. The molecule has 1 amide bonds. The molecule has 1 aromatic heterocycles. The summed E-state index contributed by atoms with van der Waals surface area (Å²) in [5.74, 6) is 1.02. The van der Waals surface area contributed by atoms with Gasteiger partial charge in [-0.15, -0.1) is 0 Å². The summed E-state index contributed by atoms with van der Waals surface area (Å²) in [6, 6.07) is 0. The van der Waals surface area contributed by atoms with Crippen molar-refractivity contribution in [3.63, 3.8) is 0 Å². The highest BCUT2D eigenvalue weighted by Crippen LogP contribution is 2.52. The highest BCUT2D eigenvalue weighted by Gasteiger charge is 2.46. The lowest BCUT2D eigenvalue weighted by Gasteiger charge is -2.36. The van der Waals surface area contributed by atoms with Crippen LogP contribution in [-0.4, -0.2) is 16.1 Å². The molecule has 6 heteroatoms. The summed E-state index contributed by atoms with van der Waals surface area (Å²) in [5.41, 5.74) is 11.4. The Hall–Kier alpha value is -1.85. The van der Waals surface area contributed by atoms with Gasteiger partial charge in [-0.2, -0.15) is 0 Å². The van der Waals surface area contributed by atoms with Crippen LogP contribution in [0, 0.1) is 17.3 Å². The van der Waals surface area contributed by atoms with E-state index in [-0.39, 0.29) is 11.3 Å². The quantitative estimate of drug-likeness (QED) is 0.879. The molecule has 1 aliphatic carbocycles. The van der Waals surface area contributed by atoms with Crippen molar-refractivity contribution in [2.75, 3.05) is 5.73 Å². The van der Waals surface area contributed by atoms with E-state index in [9.17, 15) is 4.79 Å². The predicted molar refractivity (Wildman–Crippen MR) is 75.5 cm³/mol. The van der Waals surface area contributed by atoms with E-state index >= 15 is 0 Å². The van der Waals surface area contributed by atoms with E-state index in [4.69, 9.17) is 16.2 Å². The molecule has 2 rings (SSSR count). The number of hydrogen-bond donors (Lipinski definition) is 2. The molecule has 1 saturated carbocycles. The number of nitrogens with two attached hydrogens (primary N) is 2. The van der Waals surface area contributed by atoms with Gasteiger partial charge in [0, 0.05) is 5.92 Å². The van der Waals surface area contributed by atoms with Crippen LogP contribution >= 0.6 is 0 Å². The van der Waals surface area contributed by atoms with Gasteiger partial charge in [-0.05, 0) is 24.2 Å². The van der Waals surface area contributed by atoms with Crippen molar-refractivity contribution in [3.05, 3.63) is 18.1 Å². The summed E-state index contributed by atoms with van der Waals surface area (Å²) < 4.78 is 5.36. The fourth-order valence-electron chi connectivity index (χ4n) is 2.80. The molecule has 0 spiro atoms. The molecule has 1 aromatic rings. The van der Waals surface area contributed by atoms with Gasteiger partial charge in [0.1, 0.15) is 5.82 Å². The second kappa shape index (κ2) is 5.26. The van der Waals surface area contributed by atoms with Crippen LogP contribution in [0.15, 0.2) is 12.4 Å². The van der Waals surface area contributed by atoms with Gasteiger partial charge in [-0.25, -0.2) is 9.78 Å². The third-order valence-corrected chi connectivity index (χ3v) is 3.68. The second-order valence-corrected chi connectivity index (χ2v) is 6.45. The lowest BCUT2D eigenvalue weighted by molar-refractivity contribution is 0.00886. The molecule has 6 nitrogen and oxygen atoms in total. The van der Waals surface area contributed by atoms with E-state index in [2.05, 4.69) is 30.7 Å². The Morgan fingerprint density at radius 2 is 2.00 bits per heavy atom. The van der Waals surface area contributed by atoms with Crippen LogP contribution in [0.3, 0.4) is 0 Å². The Morgan fingerprint density at radius 1 is 1.35 bits per heavy atom. The zero-order chi connectivity index (χ0) is 14.9. The predicted octanol–water partition coefficient (Wildman–Crippen LogP) is 2.27. The van der Waals surface area contributed by atoms with Gasteiger partial charge in [-0.1, -0.05) is 20.8 Å². The summed E-state index contributed by atoms with van der Waals surface area (Å²) >= 11 is 0. The van der Waals surface area contributed by atoms with Crippen LogP contribution in [0.4, 0.5) is 10.6 Å². The SMILES string of the molecule is CC(C)(C)[C@H](C1CC1)[C@H](OC(N)=O)c1cnc(N)cn1. The first-order valence-corrected chi connectivity index (χ1v) is 6.82. The fraction of sp³-hybridized carbons (Fsp3) is 0.643. The largest absolute Gasteiger partial charge is 0.439 e. The molecule has 0 unspecified atom stereocenters. The highest BCUT2D eigenvalue weighted by molar-refractivity contribution is 5.65. The van der Waals surface area contributed by atoms with E-state index in [1.807, 2.05) is 0 Å². The van der Waals surface area contributed by atoms with Crippen LogP contribution in [-0.2, 0) is 4.74 Å². The molecule has 0 bridgehead atoms. The number of ether oxygens (including phenoxy) is 1. The minimum Gasteiger partial charge on any atom is -0.439 e. The van der Waals surface area contributed by atoms with Crippen molar-refractivity contribution in [2.24, 2.45) is 23.0 Å². The zero-order valence-corrected chi connectivity index (χ0v) is 12.2. The van der Waals surface area contributed by atoms with Crippen molar-refractivity contribution < 1.29 is 9.53 Å². The maximum Gasteiger partial charge on any atom is 0.405 e. The minimum absolute atomic E-state index is 0.0235. The Bertz CT molecular complexity index is 477. The number of nitrogen functional groups attached to an aromatic ring is 1. The highest BCUT2D eigenvalue weighted by atomic mass is 16.6. The van der Waals surface area contributed by atoms with Crippen LogP contribution < -0.4 is 11.5 Å². The van der Waals surface area contributed by atoms with Gasteiger partial charge < -0.3 is 16.2 Å². The fourth-order valence-corrected chi connectivity index (χ4v) is 2.80. The third-order valence-electron chi connectivity index (χ3n) is 3.68. The first-order chi connectivity index (χ1) is 9.29. The average Bonchev–Trinajstić information content (AvgIpc) is 3.11. The molecule has 4 N–H and O–H groups in total. The number of anilines is 1. The van der Waals surface area contributed by atoms with Crippen LogP contribution in [0.1, 0.15) is 45.4 Å². The van der Waals surface area contributed by atoms with Gasteiger partial charge in [0.15, 0.2) is 6.10 Å². The summed E-state index contributed by atoms with van der Waals surface area (Å²) in [5, 5.41) is 0. The summed E-state index contributed by atoms with van der Waals surface area (Å²) in [6.45, 7) is 6.41. The smallest absolute Gasteiger partial charge is 0.405 e. The molecule has 1 aliphatic rings. The Morgan fingerprint density at radius 3 is 2.40 bits per heavy atom. The zero-order valence-electron chi connectivity index (χ0n) is 12.2. The van der Waals surface area contributed by atoms with Crippen LogP contribution in [0.2, 0.25) is 0 Å². The molecule has 2 atom stereocenters. The van der Waals surface area contributed by atoms with Gasteiger partial charge in [-0.3, -0.25) is 4.98 Å². The second-order valence-electron chi connectivity index (χ2n) is 6.45. The molecule has 0 radical (unpaired) electrons. The molecule has 1 heterocycles. The first kappa shape index (κ1) is 14.6. The van der Waals surface area contributed by atoms with Crippen LogP contribution in [0.25, 0.3) is 0 Å². The Balaban J connectivity index is 2.34. The maximum atomic E-state index is 11.3. The molecular weight excluding hydrogens is 256 g/mol. The number of nitrogens with zero attached hydrogens (tertiary/aromatic N) is 2. The molecular formula is C14H22N4O2. The number of hydrogen-bond acceptors (Lipinski definition) is 5. The maximum absolute atomic E-state index is 11.3. The van der Waals surface area contributed by atoms with Crippen molar-refractivity contribution in [2.45, 2.75) is 39.7 Å². The van der Waals surface area contributed by atoms with Crippen molar-refractivity contribution in [1.82, 2.24) is 9.97 Å². The van der Waals surface area contributed by atoms with E-state index in [1.165, 1.54) is 6.20 Å². The van der Waals surface area contributed by atoms with E-state index in [0.717, 1.165) is 12.8 Å². The molecule has 0 aromatic carbocycles. The molecule has 0 aliphatic heterocycles. The van der Waals surface area contributed by atoms with Crippen molar-refractivity contribution in [1.29, 1.82) is 0 Å². The van der Waals surface area contributed by atoms with E-state index in [0.29, 0.717) is 17.4 Å². The molecule has 110 valence electrons. The normalized spacial score (nSPS) is 18.4. The number of carbonyl (C=O) groups is 1. The molecule has 1 fully saturated rings. The average molecular weight is 278 g/mol. The van der Waals surface area contributed by atoms with Crippen LogP contribution in [0.5, 0.6) is 0 Å². The van der Waals surface area contributed by atoms with Gasteiger partial charge in [0.25, 0.3) is 0 Å². The van der Waals surface area contributed by atoms with Crippen molar-refractivity contribution in [3.8, 4) is 0 Å². The van der Waals surface area contributed by atoms with Gasteiger partial charge >= 0.3 is 6.09 Å².